The molecule has 0 fully saturated rings. The lowest BCUT2D eigenvalue weighted by molar-refractivity contribution is 0.399. The van der Waals surface area contributed by atoms with Crippen molar-refractivity contribution in [1.82, 2.24) is 0 Å². The average molecular weight is 303 g/mol. The molecule has 0 spiro atoms. The van der Waals surface area contributed by atoms with E-state index in [0.717, 1.165) is 11.1 Å². The van der Waals surface area contributed by atoms with Gasteiger partial charge in [-0.2, -0.15) is 0 Å². The van der Waals surface area contributed by atoms with Crippen LogP contribution >= 0.6 is 0 Å². The van der Waals surface area contributed by atoms with Crippen LogP contribution in [0.5, 0.6) is 0 Å². The fraction of sp³-hybridized carbons (Fsp3) is 1.00. The van der Waals surface area contributed by atoms with Gasteiger partial charge in [0.1, 0.15) is 0 Å². The van der Waals surface area contributed by atoms with Crippen LogP contribution in [0.25, 0.3) is 0 Å². The molecule has 3 heteroatoms. The molecule has 0 bridgehead atoms. The first-order valence-corrected chi connectivity index (χ1v) is 11.9. The lowest BCUT2D eigenvalue weighted by Crippen LogP contribution is -2.37. The maximum atomic E-state index is 6.80. The molecule has 0 aromatic carbocycles. The summed E-state index contributed by atoms with van der Waals surface area (Å²) < 4.78 is 6.80. The van der Waals surface area contributed by atoms with Gasteiger partial charge < -0.3 is 4.12 Å². The van der Waals surface area contributed by atoms with Crippen molar-refractivity contribution in [3.8, 4) is 0 Å². The van der Waals surface area contributed by atoms with Crippen molar-refractivity contribution in [1.29, 1.82) is 0 Å². The summed E-state index contributed by atoms with van der Waals surface area (Å²) in [6.45, 7) is 23.6. The Kier molecular flexibility index (Phi) is 7.57. The first-order valence-electron chi connectivity index (χ1n) is 7.97. The Morgan fingerprint density at radius 2 is 1.05 bits per heavy atom. The van der Waals surface area contributed by atoms with Gasteiger partial charge in [0.2, 0.25) is 0 Å². The second kappa shape index (κ2) is 7.42. The lowest BCUT2D eigenvalue weighted by atomic mass is 10.00. The Labute approximate surface area is 126 Å². The van der Waals surface area contributed by atoms with Crippen LogP contribution in [-0.4, -0.2) is 18.1 Å². The summed E-state index contributed by atoms with van der Waals surface area (Å²) in [6, 6.07) is 2.63. The van der Waals surface area contributed by atoms with E-state index < -0.39 is 18.1 Å². The highest BCUT2D eigenvalue weighted by Crippen LogP contribution is 2.32. The molecule has 0 aliphatic rings. The van der Waals surface area contributed by atoms with Gasteiger partial charge in [0.15, 0.2) is 18.1 Å². The molecule has 0 aliphatic carbocycles. The number of rotatable bonds is 6. The summed E-state index contributed by atoms with van der Waals surface area (Å²) >= 11 is 0. The predicted octanol–water partition coefficient (Wildman–Crippen LogP) is 5.36. The van der Waals surface area contributed by atoms with E-state index in [9.17, 15) is 0 Å². The first kappa shape index (κ1) is 19.4. The minimum absolute atomic E-state index is 0.412. The maximum absolute atomic E-state index is 6.80. The molecule has 1 nitrogen and oxygen atoms in total. The van der Waals surface area contributed by atoms with Crippen molar-refractivity contribution < 1.29 is 4.12 Å². The van der Waals surface area contributed by atoms with E-state index >= 15 is 0 Å². The van der Waals surface area contributed by atoms with E-state index in [4.69, 9.17) is 4.12 Å². The predicted molar refractivity (Wildman–Crippen MR) is 94.1 cm³/mol. The van der Waals surface area contributed by atoms with E-state index in [1.165, 1.54) is 12.1 Å². The third kappa shape index (κ3) is 9.86. The SMILES string of the molecule is CC(C)[SiH](O[SiH](CC(C)(C)C)CC(C)(C)C)C(C)C. The zero-order valence-electron chi connectivity index (χ0n) is 15.1. The molecule has 0 unspecified atom stereocenters. The van der Waals surface area contributed by atoms with Gasteiger partial charge in [0.05, 0.1) is 0 Å². The summed E-state index contributed by atoms with van der Waals surface area (Å²) in [7, 11) is -2.15. The number of hydrogen-bond donors (Lipinski definition) is 0. The van der Waals surface area contributed by atoms with Crippen LogP contribution in [-0.2, 0) is 4.12 Å². The molecule has 0 aromatic heterocycles. The highest BCUT2D eigenvalue weighted by atomic mass is 28.4. The lowest BCUT2D eigenvalue weighted by Gasteiger charge is -2.35. The molecule has 0 aromatic rings. The Morgan fingerprint density at radius 1 is 0.737 bits per heavy atom. The molecule has 0 heterocycles. The molecule has 0 rings (SSSR count). The van der Waals surface area contributed by atoms with Crippen LogP contribution in [0.4, 0.5) is 0 Å². The maximum Gasteiger partial charge on any atom is 0.168 e. The summed E-state index contributed by atoms with van der Waals surface area (Å²) in [5, 5.41) is 0. The molecule has 0 atom stereocenters. The van der Waals surface area contributed by atoms with Crippen LogP contribution < -0.4 is 0 Å². The minimum atomic E-state index is -1.09. The van der Waals surface area contributed by atoms with E-state index in [1.807, 2.05) is 0 Å². The van der Waals surface area contributed by atoms with Gasteiger partial charge in [-0.05, 0) is 34.0 Å². The van der Waals surface area contributed by atoms with E-state index in [-0.39, 0.29) is 0 Å². The van der Waals surface area contributed by atoms with Crippen LogP contribution in [0.3, 0.4) is 0 Å². The fourth-order valence-electron chi connectivity index (χ4n) is 2.84. The van der Waals surface area contributed by atoms with Gasteiger partial charge in [-0.15, -0.1) is 0 Å². The van der Waals surface area contributed by atoms with Crippen LogP contribution in [0.2, 0.25) is 23.2 Å². The Balaban J connectivity index is 4.83. The average Bonchev–Trinajstić information content (AvgIpc) is 2.07. The van der Waals surface area contributed by atoms with Crippen LogP contribution in [0.15, 0.2) is 0 Å². The van der Waals surface area contributed by atoms with Crippen molar-refractivity contribution in [3.05, 3.63) is 0 Å². The normalized spacial score (nSPS) is 14.2. The molecule has 19 heavy (non-hydrogen) atoms. The van der Waals surface area contributed by atoms with E-state index in [2.05, 4.69) is 69.2 Å². The fourth-order valence-corrected chi connectivity index (χ4v) is 12.3. The van der Waals surface area contributed by atoms with Crippen LogP contribution in [0, 0.1) is 10.8 Å². The van der Waals surface area contributed by atoms with Crippen LogP contribution in [0.1, 0.15) is 69.2 Å². The standard InChI is InChI=1S/C16H38OSi2/c1-13(2)19(14(3)4)17-18(11-15(5,6)7)12-16(8,9)10/h13-14,18-19H,11-12H2,1-10H3. The summed E-state index contributed by atoms with van der Waals surface area (Å²) in [5.41, 5.74) is 2.34. The van der Waals surface area contributed by atoms with E-state index in [1.54, 1.807) is 0 Å². The van der Waals surface area contributed by atoms with Gasteiger partial charge in [0, 0.05) is 0 Å². The first-order chi connectivity index (χ1) is 8.32. The zero-order chi connectivity index (χ0) is 15.4. The Hall–Kier alpha value is 0.394. The molecule has 0 saturated carbocycles. The van der Waals surface area contributed by atoms with E-state index in [0.29, 0.717) is 10.8 Å². The van der Waals surface area contributed by atoms with Crippen molar-refractivity contribution in [2.75, 3.05) is 0 Å². The molecule has 0 amide bonds. The summed E-state index contributed by atoms with van der Waals surface area (Å²) in [5.74, 6) is 0. The summed E-state index contributed by atoms with van der Waals surface area (Å²) in [4.78, 5) is 0. The highest BCUT2D eigenvalue weighted by molar-refractivity contribution is 6.67. The quantitative estimate of drug-likeness (QED) is 0.600. The second-order valence-electron chi connectivity index (χ2n) is 9.24. The summed E-state index contributed by atoms with van der Waals surface area (Å²) in [6.07, 6.45) is 0. The minimum Gasteiger partial charge on any atom is -0.459 e. The third-order valence-corrected chi connectivity index (χ3v) is 12.1. The molecule has 0 radical (unpaired) electrons. The molecular formula is C16H38OSi2. The van der Waals surface area contributed by atoms with Crippen molar-refractivity contribution in [2.45, 2.75) is 92.4 Å². The third-order valence-electron chi connectivity index (χ3n) is 3.34. The molecule has 0 N–H and O–H groups in total. The monoisotopic (exact) mass is 302 g/mol. The zero-order valence-corrected chi connectivity index (χ0v) is 17.4. The van der Waals surface area contributed by atoms with Crippen molar-refractivity contribution in [2.24, 2.45) is 10.8 Å². The number of hydrogen-bond acceptors (Lipinski definition) is 1. The van der Waals surface area contributed by atoms with Crippen molar-refractivity contribution >= 4 is 18.1 Å². The van der Waals surface area contributed by atoms with Gasteiger partial charge in [0.25, 0.3) is 0 Å². The molecule has 116 valence electrons. The Bertz CT molecular complexity index is 224. The molecular weight excluding hydrogens is 264 g/mol. The topological polar surface area (TPSA) is 9.23 Å². The Morgan fingerprint density at radius 3 is 1.26 bits per heavy atom. The van der Waals surface area contributed by atoms with Gasteiger partial charge in [-0.3, -0.25) is 0 Å². The second-order valence-corrected chi connectivity index (χ2v) is 16.0. The highest BCUT2D eigenvalue weighted by Gasteiger charge is 2.31. The molecule has 0 aliphatic heterocycles. The molecule has 0 saturated heterocycles. The smallest absolute Gasteiger partial charge is 0.168 e. The van der Waals surface area contributed by atoms with Gasteiger partial charge in [-0.25, -0.2) is 0 Å². The van der Waals surface area contributed by atoms with Gasteiger partial charge >= 0.3 is 0 Å². The van der Waals surface area contributed by atoms with Crippen molar-refractivity contribution in [3.63, 3.8) is 0 Å². The van der Waals surface area contributed by atoms with Gasteiger partial charge in [-0.1, -0.05) is 69.2 Å². The largest absolute Gasteiger partial charge is 0.459 e.